The first-order valence-electron chi connectivity index (χ1n) is 7.11. The summed E-state index contributed by atoms with van der Waals surface area (Å²) in [5.74, 6) is -3.19. The molecule has 0 aliphatic carbocycles. The predicted octanol–water partition coefficient (Wildman–Crippen LogP) is 1.75. The van der Waals surface area contributed by atoms with Crippen molar-refractivity contribution in [2.24, 2.45) is 0 Å². The van der Waals surface area contributed by atoms with Gasteiger partial charge in [0.1, 0.15) is 17.1 Å². The van der Waals surface area contributed by atoms with Crippen LogP contribution in [0.3, 0.4) is 0 Å². The molecule has 0 spiro atoms. The van der Waals surface area contributed by atoms with E-state index in [0.29, 0.717) is 5.56 Å². The Hall–Kier alpha value is -3.75. The van der Waals surface area contributed by atoms with E-state index in [2.05, 4.69) is 10.3 Å². The van der Waals surface area contributed by atoms with Crippen molar-refractivity contribution < 1.29 is 29.0 Å². The van der Waals surface area contributed by atoms with E-state index in [1.807, 2.05) is 0 Å². The number of nitrogen functional groups attached to an aromatic ring is 1. The molecule has 2 rings (SSSR count). The summed E-state index contributed by atoms with van der Waals surface area (Å²) in [6.07, 6.45) is 3.92. The van der Waals surface area contributed by atoms with E-state index in [0.717, 1.165) is 0 Å². The van der Waals surface area contributed by atoms with E-state index in [9.17, 15) is 18.8 Å². The molecule has 1 aromatic carbocycles. The second kappa shape index (κ2) is 9.52. The van der Waals surface area contributed by atoms with Crippen LogP contribution in [0.2, 0.25) is 0 Å². The SMILES string of the molecule is CC(=O)N/C(=C\c1ccc(F)cc1)C(=O)O.Nc1ccncc1C(=O)O. The van der Waals surface area contributed by atoms with Gasteiger partial charge in [-0.05, 0) is 29.8 Å². The molecule has 0 saturated carbocycles. The first-order valence-corrected chi connectivity index (χ1v) is 7.11. The van der Waals surface area contributed by atoms with Gasteiger partial charge in [-0.1, -0.05) is 12.1 Å². The van der Waals surface area contributed by atoms with Crippen molar-refractivity contribution in [2.75, 3.05) is 5.73 Å². The Balaban J connectivity index is 0.000000289. The first-order chi connectivity index (χ1) is 12.2. The Bertz CT molecular complexity index is 835. The van der Waals surface area contributed by atoms with Crippen molar-refractivity contribution in [3.63, 3.8) is 0 Å². The lowest BCUT2D eigenvalue weighted by molar-refractivity contribution is -0.134. The minimum Gasteiger partial charge on any atom is -0.478 e. The van der Waals surface area contributed by atoms with Crippen LogP contribution in [0.15, 0.2) is 48.4 Å². The molecule has 1 amide bonds. The quantitative estimate of drug-likeness (QED) is 0.608. The number of nitrogens with two attached hydrogens (primary N) is 1. The molecule has 9 heteroatoms. The van der Waals surface area contributed by atoms with Gasteiger partial charge in [-0.2, -0.15) is 0 Å². The third-order valence-corrected chi connectivity index (χ3v) is 2.81. The summed E-state index contributed by atoms with van der Waals surface area (Å²) in [5, 5.41) is 19.4. The highest BCUT2D eigenvalue weighted by atomic mass is 19.1. The number of carbonyl (C=O) groups excluding carboxylic acids is 1. The number of aromatic nitrogens is 1. The number of carbonyl (C=O) groups is 3. The molecule has 8 nitrogen and oxygen atoms in total. The number of carboxylic acid groups (broad SMARTS) is 2. The van der Waals surface area contributed by atoms with E-state index in [1.165, 1.54) is 55.7 Å². The van der Waals surface area contributed by atoms with Gasteiger partial charge in [0.2, 0.25) is 5.91 Å². The van der Waals surface area contributed by atoms with Crippen LogP contribution >= 0.6 is 0 Å². The van der Waals surface area contributed by atoms with Crippen LogP contribution in [-0.2, 0) is 9.59 Å². The van der Waals surface area contributed by atoms with Gasteiger partial charge in [0.25, 0.3) is 0 Å². The first kappa shape index (κ1) is 20.3. The maximum absolute atomic E-state index is 12.6. The van der Waals surface area contributed by atoms with Crippen molar-refractivity contribution in [3.05, 3.63) is 65.4 Å². The number of rotatable bonds is 4. The molecular weight excluding hydrogens is 345 g/mol. The third kappa shape index (κ3) is 6.79. The fourth-order valence-corrected chi connectivity index (χ4v) is 1.65. The Labute approximate surface area is 147 Å². The zero-order chi connectivity index (χ0) is 19.7. The monoisotopic (exact) mass is 361 g/mol. The second-order valence-corrected chi connectivity index (χ2v) is 4.86. The van der Waals surface area contributed by atoms with Crippen LogP contribution in [0, 0.1) is 5.82 Å². The summed E-state index contributed by atoms with van der Waals surface area (Å²) in [5.41, 5.74) is 5.83. The van der Waals surface area contributed by atoms with Gasteiger partial charge < -0.3 is 21.3 Å². The number of hydrogen-bond donors (Lipinski definition) is 4. The normalized spacial score (nSPS) is 10.3. The molecule has 0 radical (unpaired) electrons. The second-order valence-electron chi connectivity index (χ2n) is 4.86. The summed E-state index contributed by atoms with van der Waals surface area (Å²) in [4.78, 5) is 35.4. The van der Waals surface area contributed by atoms with Gasteiger partial charge in [-0.3, -0.25) is 9.78 Å². The highest BCUT2D eigenvalue weighted by Gasteiger charge is 2.08. The summed E-state index contributed by atoms with van der Waals surface area (Å²) in [6, 6.07) is 6.70. The molecule has 0 fully saturated rings. The lowest BCUT2D eigenvalue weighted by Gasteiger charge is -2.02. The van der Waals surface area contributed by atoms with E-state index in [4.69, 9.17) is 15.9 Å². The Morgan fingerprint density at radius 3 is 2.19 bits per heavy atom. The van der Waals surface area contributed by atoms with Gasteiger partial charge in [-0.25, -0.2) is 14.0 Å². The molecule has 0 atom stereocenters. The molecule has 0 saturated heterocycles. The van der Waals surface area contributed by atoms with E-state index in [1.54, 1.807) is 0 Å². The number of halogens is 1. The van der Waals surface area contributed by atoms with Crippen LogP contribution in [0.5, 0.6) is 0 Å². The number of hydrogen-bond acceptors (Lipinski definition) is 5. The molecule has 1 heterocycles. The topological polar surface area (TPSA) is 143 Å². The maximum Gasteiger partial charge on any atom is 0.352 e. The van der Waals surface area contributed by atoms with Crippen molar-refractivity contribution in [2.45, 2.75) is 6.92 Å². The van der Waals surface area contributed by atoms with Crippen molar-refractivity contribution in [1.82, 2.24) is 10.3 Å². The Morgan fingerprint density at radius 2 is 1.77 bits per heavy atom. The van der Waals surface area contributed by atoms with Crippen molar-refractivity contribution in [1.29, 1.82) is 0 Å². The number of pyridine rings is 1. The Morgan fingerprint density at radius 1 is 1.15 bits per heavy atom. The molecule has 26 heavy (non-hydrogen) atoms. The molecule has 136 valence electrons. The fraction of sp³-hybridized carbons (Fsp3) is 0.0588. The largest absolute Gasteiger partial charge is 0.478 e. The molecular formula is C17H16FN3O5. The highest BCUT2D eigenvalue weighted by Crippen LogP contribution is 2.08. The highest BCUT2D eigenvalue weighted by molar-refractivity contribution is 5.96. The lowest BCUT2D eigenvalue weighted by Crippen LogP contribution is -2.24. The molecule has 0 aliphatic rings. The number of benzene rings is 1. The number of nitrogens with zero attached hydrogens (tertiary/aromatic N) is 1. The number of amides is 1. The average molecular weight is 361 g/mol. The molecule has 1 aromatic heterocycles. The van der Waals surface area contributed by atoms with E-state index >= 15 is 0 Å². The van der Waals surface area contributed by atoms with Crippen molar-refractivity contribution in [3.8, 4) is 0 Å². The number of aliphatic carboxylic acids is 1. The predicted molar refractivity (Wildman–Crippen MR) is 91.4 cm³/mol. The average Bonchev–Trinajstić information content (AvgIpc) is 2.56. The zero-order valence-electron chi connectivity index (χ0n) is 13.6. The smallest absolute Gasteiger partial charge is 0.352 e. The van der Waals surface area contributed by atoms with Crippen LogP contribution in [-0.4, -0.2) is 33.0 Å². The molecule has 0 bridgehead atoms. The number of anilines is 1. The third-order valence-electron chi connectivity index (χ3n) is 2.81. The zero-order valence-corrected chi connectivity index (χ0v) is 13.6. The van der Waals surface area contributed by atoms with Crippen LogP contribution in [0.4, 0.5) is 10.1 Å². The summed E-state index contributed by atoms with van der Waals surface area (Å²) >= 11 is 0. The van der Waals surface area contributed by atoms with Crippen molar-refractivity contribution >= 4 is 29.6 Å². The summed E-state index contributed by atoms with van der Waals surface area (Å²) < 4.78 is 12.6. The van der Waals surface area contributed by atoms with Crippen LogP contribution in [0.1, 0.15) is 22.8 Å². The maximum atomic E-state index is 12.6. The van der Waals surface area contributed by atoms with Crippen LogP contribution < -0.4 is 11.1 Å². The molecule has 0 unspecified atom stereocenters. The standard InChI is InChI=1S/C11H10FNO3.C6H6N2O2/c1-7(14)13-10(11(15)16)6-8-2-4-9(12)5-3-8;7-5-1-2-8-3-4(5)6(9)10/h2-6H,1H3,(H,13,14)(H,15,16);1-3H,(H2,7,8)(H,9,10)/b10-6-;. The number of aromatic carboxylic acids is 1. The number of nitrogens with one attached hydrogen (secondary N) is 1. The van der Waals surface area contributed by atoms with E-state index < -0.39 is 23.7 Å². The molecule has 2 aromatic rings. The van der Waals surface area contributed by atoms with Gasteiger partial charge in [0.15, 0.2) is 0 Å². The van der Waals surface area contributed by atoms with Gasteiger partial charge in [0, 0.05) is 25.0 Å². The van der Waals surface area contributed by atoms with Gasteiger partial charge in [-0.15, -0.1) is 0 Å². The lowest BCUT2D eigenvalue weighted by atomic mass is 10.2. The Kier molecular flexibility index (Phi) is 7.43. The minimum absolute atomic E-state index is 0.0440. The minimum atomic E-state index is -1.25. The van der Waals surface area contributed by atoms with E-state index in [-0.39, 0.29) is 16.9 Å². The molecule has 0 aliphatic heterocycles. The van der Waals surface area contributed by atoms with Gasteiger partial charge in [0.05, 0.1) is 0 Å². The van der Waals surface area contributed by atoms with Crippen LogP contribution in [0.25, 0.3) is 6.08 Å². The van der Waals surface area contributed by atoms with Gasteiger partial charge >= 0.3 is 11.9 Å². The fourth-order valence-electron chi connectivity index (χ4n) is 1.65. The summed E-state index contributed by atoms with van der Waals surface area (Å²) in [7, 11) is 0. The summed E-state index contributed by atoms with van der Waals surface area (Å²) in [6.45, 7) is 1.21. The number of carboxylic acids is 2. The molecule has 5 N–H and O–H groups in total.